The first kappa shape index (κ1) is 19.2. The van der Waals surface area contributed by atoms with E-state index in [1.54, 1.807) is 17.0 Å². The van der Waals surface area contributed by atoms with Gasteiger partial charge in [-0.3, -0.25) is 0 Å². The van der Waals surface area contributed by atoms with Crippen molar-refractivity contribution in [1.82, 2.24) is 10.2 Å². The topological polar surface area (TPSA) is 78.9 Å². The maximum Gasteiger partial charge on any atom is 0.410 e. The van der Waals surface area contributed by atoms with Gasteiger partial charge in [-0.1, -0.05) is 12.1 Å². The van der Waals surface area contributed by atoms with E-state index in [0.29, 0.717) is 24.7 Å². The molecule has 0 aromatic heterocycles. The van der Waals surface area contributed by atoms with Gasteiger partial charge in [-0.05, 0) is 57.7 Å². The average molecular weight is 348 g/mol. The summed E-state index contributed by atoms with van der Waals surface area (Å²) in [5.74, 6) is -0.912. The lowest BCUT2D eigenvalue weighted by Gasteiger charge is -2.26. The van der Waals surface area contributed by atoms with Crippen LogP contribution >= 0.6 is 0 Å². The molecule has 25 heavy (non-hydrogen) atoms. The number of hydrogen-bond acceptors (Lipinski definition) is 4. The zero-order valence-electron chi connectivity index (χ0n) is 15.2. The molecule has 138 valence electrons. The molecule has 1 unspecified atom stereocenters. The number of rotatable bonds is 4. The summed E-state index contributed by atoms with van der Waals surface area (Å²) >= 11 is 0. The fraction of sp³-hybridized carbons (Fsp3) is 0.579. The van der Waals surface area contributed by atoms with Crippen molar-refractivity contribution in [3.8, 4) is 0 Å². The molecule has 0 radical (unpaired) electrons. The van der Waals surface area contributed by atoms with Crippen LogP contribution < -0.4 is 5.32 Å². The monoisotopic (exact) mass is 348 g/mol. The van der Waals surface area contributed by atoms with Crippen LogP contribution in [0.25, 0.3) is 0 Å². The first-order valence-electron chi connectivity index (χ1n) is 8.78. The first-order chi connectivity index (χ1) is 11.7. The van der Waals surface area contributed by atoms with Gasteiger partial charge in [0.1, 0.15) is 5.60 Å². The number of carbonyl (C=O) groups excluding carboxylic acids is 1. The number of nitrogens with zero attached hydrogens (tertiary/aromatic N) is 1. The summed E-state index contributed by atoms with van der Waals surface area (Å²) in [7, 11) is 0. The van der Waals surface area contributed by atoms with Gasteiger partial charge in [0.25, 0.3) is 0 Å². The molecule has 1 aromatic rings. The Morgan fingerprint density at radius 2 is 1.88 bits per heavy atom. The molecule has 1 aliphatic rings. The van der Waals surface area contributed by atoms with Crippen LogP contribution in [0, 0.1) is 0 Å². The highest BCUT2D eigenvalue weighted by atomic mass is 16.6. The lowest BCUT2D eigenvalue weighted by Crippen LogP contribution is -2.38. The Labute approximate surface area is 149 Å². The van der Waals surface area contributed by atoms with E-state index < -0.39 is 11.6 Å². The van der Waals surface area contributed by atoms with Crippen molar-refractivity contribution < 1.29 is 19.4 Å². The van der Waals surface area contributed by atoms with Crippen molar-refractivity contribution in [2.45, 2.75) is 58.2 Å². The highest BCUT2D eigenvalue weighted by Crippen LogP contribution is 2.16. The molecule has 1 saturated heterocycles. The van der Waals surface area contributed by atoms with E-state index in [-0.39, 0.29) is 6.09 Å². The maximum atomic E-state index is 12.2. The van der Waals surface area contributed by atoms with Gasteiger partial charge in [0, 0.05) is 25.7 Å². The fourth-order valence-corrected chi connectivity index (χ4v) is 2.84. The van der Waals surface area contributed by atoms with Crippen LogP contribution in [0.2, 0.25) is 0 Å². The number of carboxylic acid groups (broad SMARTS) is 1. The standard InChI is InChI=1S/C19H28N2O4/c1-19(2,3)25-18(24)21-11-4-5-16(10-12-21)20-13-14-6-8-15(9-7-14)17(22)23/h6-9,16,20H,4-5,10-13H2,1-3H3,(H,22,23). The summed E-state index contributed by atoms with van der Waals surface area (Å²) in [6.07, 6.45) is 2.59. The summed E-state index contributed by atoms with van der Waals surface area (Å²) in [4.78, 5) is 24.8. The molecule has 6 nitrogen and oxygen atoms in total. The van der Waals surface area contributed by atoms with E-state index in [2.05, 4.69) is 5.32 Å². The van der Waals surface area contributed by atoms with Gasteiger partial charge < -0.3 is 20.1 Å². The number of benzene rings is 1. The summed E-state index contributed by atoms with van der Waals surface area (Å²) in [6.45, 7) is 7.73. The Morgan fingerprint density at radius 3 is 2.48 bits per heavy atom. The molecule has 1 atom stereocenters. The molecule has 0 spiro atoms. The van der Waals surface area contributed by atoms with Crippen LogP contribution in [0.15, 0.2) is 24.3 Å². The second-order valence-corrected chi connectivity index (χ2v) is 7.48. The van der Waals surface area contributed by atoms with E-state index in [9.17, 15) is 9.59 Å². The van der Waals surface area contributed by atoms with Gasteiger partial charge in [-0.2, -0.15) is 0 Å². The summed E-state index contributed by atoms with van der Waals surface area (Å²) < 4.78 is 5.45. The molecule has 2 rings (SSSR count). The largest absolute Gasteiger partial charge is 0.478 e. The third-order valence-corrected chi connectivity index (χ3v) is 4.18. The van der Waals surface area contributed by atoms with Crippen molar-refractivity contribution >= 4 is 12.1 Å². The van der Waals surface area contributed by atoms with E-state index in [4.69, 9.17) is 9.84 Å². The second kappa shape index (κ2) is 8.34. The maximum absolute atomic E-state index is 12.2. The lowest BCUT2D eigenvalue weighted by atomic mass is 10.1. The number of aromatic carboxylic acids is 1. The molecule has 6 heteroatoms. The summed E-state index contributed by atoms with van der Waals surface area (Å²) in [5.41, 5.74) is 0.882. The van der Waals surface area contributed by atoms with E-state index >= 15 is 0 Å². The smallest absolute Gasteiger partial charge is 0.410 e. The predicted molar refractivity (Wildman–Crippen MR) is 95.7 cm³/mol. The van der Waals surface area contributed by atoms with Crippen molar-refractivity contribution in [1.29, 1.82) is 0 Å². The van der Waals surface area contributed by atoms with E-state index in [0.717, 1.165) is 31.4 Å². The van der Waals surface area contributed by atoms with E-state index in [1.807, 2.05) is 32.9 Å². The minimum Gasteiger partial charge on any atom is -0.478 e. The summed E-state index contributed by atoms with van der Waals surface area (Å²) in [5, 5.41) is 12.4. The predicted octanol–water partition coefficient (Wildman–Crippen LogP) is 3.26. The quantitative estimate of drug-likeness (QED) is 0.873. The fourth-order valence-electron chi connectivity index (χ4n) is 2.84. The van der Waals surface area contributed by atoms with Gasteiger partial charge >= 0.3 is 12.1 Å². The van der Waals surface area contributed by atoms with Crippen LogP contribution in [0.5, 0.6) is 0 Å². The number of amides is 1. The molecule has 0 saturated carbocycles. The molecule has 1 heterocycles. The van der Waals surface area contributed by atoms with Gasteiger partial charge in [0.2, 0.25) is 0 Å². The Balaban J connectivity index is 1.81. The molecule has 2 N–H and O–H groups in total. The minimum absolute atomic E-state index is 0.239. The van der Waals surface area contributed by atoms with Crippen molar-refractivity contribution in [2.75, 3.05) is 13.1 Å². The van der Waals surface area contributed by atoms with Gasteiger partial charge in [0.15, 0.2) is 0 Å². The molecular formula is C19H28N2O4. The Kier molecular flexibility index (Phi) is 6.42. The minimum atomic E-state index is -0.912. The number of hydrogen-bond donors (Lipinski definition) is 2. The van der Waals surface area contributed by atoms with Gasteiger partial charge in [0.05, 0.1) is 5.56 Å². The highest BCUT2D eigenvalue weighted by molar-refractivity contribution is 5.87. The zero-order chi connectivity index (χ0) is 18.4. The molecule has 1 amide bonds. The highest BCUT2D eigenvalue weighted by Gasteiger charge is 2.25. The van der Waals surface area contributed by atoms with Crippen molar-refractivity contribution in [3.63, 3.8) is 0 Å². The molecule has 1 aliphatic heterocycles. The normalized spacial score (nSPS) is 18.5. The second-order valence-electron chi connectivity index (χ2n) is 7.48. The van der Waals surface area contributed by atoms with Crippen molar-refractivity contribution in [2.24, 2.45) is 0 Å². The molecule has 1 aromatic carbocycles. The third kappa shape index (κ3) is 6.38. The van der Waals surface area contributed by atoms with Crippen LogP contribution in [0.3, 0.4) is 0 Å². The van der Waals surface area contributed by atoms with Crippen LogP contribution in [-0.4, -0.2) is 46.8 Å². The van der Waals surface area contributed by atoms with Crippen molar-refractivity contribution in [3.05, 3.63) is 35.4 Å². The number of likely N-dealkylation sites (tertiary alicyclic amines) is 1. The molecular weight excluding hydrogens is 320 g/mol. The Morgan fingerprint density at radius 1 is 1.20 bits per heavy atom. The van der Waals surface area contributed by atoms with Gasteiger partial charge in [-0.15, -0.1) is 0 Å². The van der Waals surface area contributed by atoms with Crippen LogP contribution in [0.1, 0.15) is 56.0 Å². The number of ether oxygens (including phenoxy) is 1. The molecule has 0 bridgehead atoms. The average Bonchev–Trinajstić information content (AvgIpc) is 2.77. The molecule has 0 aliphatic carbocycles. The first-order valence-corrected chi connectivity index (χ1v) is 8.78. The lowest BCUT2D eigenvalue weighted by molar-refractivity contribution is 0.0255. The number of nitrogens with one attached hydrogen (secondary N) is 1. The summed E-state index contributed by atoms with van der Waals surface area (Å²) in [6, 6.07) is 7.25. The van der Waals surface area contributed by atoms with Crippen LogP contribution in [0.4, 0.5) is 4.79 Å². The number of carboxylic acids is 1. The number of carbonyl (C=O) groups is 2. The molecule has 1 fully saturated rings. The zero-order valence-corrected chi connectivity index (χ0v) is 15.2. The van der Waals surface area contributed by atoms with E-state index in [1.165, 1.54) is 0 Å². The SMILES string of the molecule is CC(C)(C)OC(=O)N1CCCC(NCc2ccc(C(=O)O)cc2)CC1. The van der Waals surface area contributed by atoms with Crippen LogP contribution in [-0.2, 0) is 11.3 Å². The Hall–Kier alpha value is -2.08. The Bertz CT molecular complexity index is 592. The van der Waals surface area contributed by atoms with Gasteiger partial charge in [-0.25, -0.2) is 9.59 Å². The third-order valence-electron chi connectivity index (χ3n) is 4.18.